The number of carbonyl (C=O) groups is 1. The minimum absolute atomic E-state index is 0.0258. The van der Waals surface area contributed by atoms with Crippen molar-refractivity contribution in [2.45, 2.75) is 45.8 Å². The van der Waals surface area contributed by atoms with Crippen molar-refractivity contribution in [1.82, 2.24) is 5.32 Å². The van der Waals surface area contributed by atoms with Gasteiger partial charge in [-0.1, -0.05) is 31.5 Å². The summed E-state index contributed by atoms with van der Waals surface area (Å²) in [4.78, 5) is 11.8. The van der Waals surface area contributed by atoms with Crippen molar-refractivity contribution in [3.05, 3.63) is 29.8 Å². The number of carbonyl (C=O) groups excluding carboxylic acids is 1. The number of ether oxygens (including phenoxy) is 1. The lowest BCUT2D eigenvalue weighted by molar-refractivity contribution is -0.129. The van der Waals surface area contributed by atoms with Crippen LogP contribution < -0.4 is 10.1 Å². The molecule has 1 aliphatic carbocycles. The Kier molecular flexibility index (Phi) is 4.33. The molecule has 110 valence electrons. The molecule has 0 aliphatic heterocycles. The molecule has 2 rings (SSSR count). The summed E-state index contributed by atoms with van der Waals surface area (Å²) < 4.78 is 5.53. The van der Waals surface area contributed by atoms with Gasteiger partial charge in [-0.05, 0) is 25.5 Å². The highest BCUT2D eigenvalue weighted by atomic mass is 16.5. The number of aryl methyl sites for hydroxylation is 1. The maximum atomic E-state index is 11.8. The lowest BCUT2D eigenvalue weighted by atomic mass is 9.64. The maximum absolute atomic E-state index is 11.8. The predicted octanol–water partition coefficient (Wildman–Crippen LogP) is 2.04. The van der Waals surface area contributed by atoms with E-state index < -0.39 is 0 Å². The number of rotatable bonds is 5. The van der Waals surface area contributed by atoms with Gasteiger partial charge >= 0.3 is 0 Å². The van der Waals surface area contributed by atoms with Crippen molar-refractivity contribution in [2.24, 2.45) is 5.41 Å². The van der Waals surface area contributed by atoms with Gasteiger partial charge in [0.25, 0.3) is 0 Å². The predicted molar refractivity (Wildman–Crippen MR) is 77.6 cm³/mol. The summed E-state index contributed by atoms with van der Waals surface area (Å²) in [5, 5.41) is 12.6. The van der Waals surface area contributed by atoms with Crippen molar-refractivity contribution in [3.63, 3.8) is 0 Å². The Morgan fingerprint density at radius 2 is 2.05 bits per heavy atom. The molecule has 2 unspecified atom stereocenters. The quantitative estimate of drug-likeness (QED) is 0.866. The Bertz CT molecular complexity index is 467. The minimum atomic E-state index is -0.323. The van der Waals surface area contributed by atoms with Crippen molar-refractivity contribution in [1.29, 1.82) is 0 Å². The molecule has 20 heavy (non-hydrogen) atoms. The first-order chi connectivity index (χ1) is 9.39. The molecule has 0 heterocycles. The van der Waals surface area contributed by atoms with Crippen molar-refractivity contribution >= 4 is 5.91 Å². The topological polar surface area (TPSA) is 58.6 Å². The van der Waals surface area contributed by atoms with E-state index in [0.717, 1.165) is 5.75 Å². The van der Waals surface area contributed by atoms with Gasteiger partial charge in [-0.2, -0.15) is 0 Å². The summed E-state index contributed by atoms with van der Waals surface area (Å²) in [6, 6.07) is 7.82. The fourth-order valence-electron chi connectivity index (χ4n) is 2.31. The first-order valence-electron chi connectivity index (χ1n) is 7.06. The number of hydrogen-bond donors (Lipinski definition) is 2. The molecule has 1 amide bonds. The fraction of sp³-hybridized carbons (Fsp3) is 0.562. The first kappa shape index (κ1) is 14.9. The highest BCUT2D eigenvalue weighted by Crippen LogP contribution is 2.40. The number of nitrogens with one attached hydrogen (secondary N) is 1. The van der Waals surface area contributed by atoms with E-state index in [-0.39, 0.29) is 23.5 Å². The second kappa shape index (κ2) is 5.83. The zero-order valence-electron chi connectivity index (χ0n) is 12.3. The molecule has 1 aromatic rings. The Balaban J connectivity index is 1.70. The summed E-state index contributed by atoms with van der Waals surface area (Å²) in [6.07, 6.45) is 0.644. The largest absolute Gasteiger partial charge is 0.493 e. The van der Waals surface area contributed by atoms with Crippen LogP contribution in [0.5, 0.6) is 5.75 Å². The Morgan fingerprint density at radius 1 is 1.40 bits per heavy atom. The van der Waals surface area contributed by atoms with Crippen LogP contribution in [0.3, 0.4) is 0 Å². The molecule has 0 spiro atoms. The van der Waals surface area contributed by atoms with Gasteiger partial charge in [0.05, 0.1) is 19.1 Å². The van der Waals surface area contributed by atoms with Crippen LogP contribution in [0.1, 0.15) is 32.3 Å². The molecule has 0 radical (unpaired) electrons. The fourth-order valence-corrected chi connectivity index (χ4v) is 2.31. The highest BCUT2D eigenvalue weighted by Gasteiger charge is 2.47. The van der Waals surface area contributed by atoms with Crippen LogP contribution in [-0.2, 0) is 4.79 Å². The molecular weight excluding hydrogens is 254 g/mol. The zero-order chi connectivity index (χ0) is 14.8. The normalized spacial score (nSPS) is 23.8. The second-order valence-electron chi connectivity index (χ2n) is 6.10. The van der Waals surface area contributed by atoms with Crippen LogP contribution in [-0.4, -0.2) is 29.8 Å². The number of aliphatic hydroxyl groups excluding tert-OH is 1. The van der Waals surface area contributed by atoms with E-state index >= 15 is 0 Å². The summed E-state index contributed by atoms with van der Waals surface area (Å²) >= 11 is 0. The summed E-state index contributed by atoms with van der Waals surface area (Å²) in [7, 11) is 0. The van der Waals surface area contributed by atoms with Gasteiger partial charge in [0.15, 0.2) is 0 Å². The molecule has 0 saturated heterocycles. The molecular formula is C16H23NO3. The molecule has 4 heteroatoms. The second-order valence-corrected chi connectivity index (χ2v) is 6.10. The zero-order valence-corrected chi connectivity index (χ0v) is 12.3. The summed E-state index contributed by atoms with van der Waals surface area (Å²) in [5.74, 6) is 0.755. The van der Waals surface area contributed by atoms with E-state index in [1.807, 2.05) is 45.0 Å². The number of hydrogen-bond acceptors (Lipinski definition) is 3. The Hall–Kier alpha value is -1.55. The van der Waals surface area contributed by atoms with Crippen LogP contribution in [0.15, 0.2) is 24.3 Å². The van der Waals surface area contributed by atoms with E-state index in [0.29, 0.717) is 19.4 Å². The van der Waals surface area contributed by atoms with Crippen LogP contribution in [0, 0.1) is 12.3 Å². The van der Waals surface area contributed by atoms with Gasteiger partial charge in [-0.25, -0.2) is 0 Å². The Morgan fingerprint density at radius 3 is 2.60 bits per heavy atom. The molecule has 1 fully saturated rings. The van der Waals surface area contributed by atoms with Crippen molar-refractivity contribution in [2.75, 3.05) is 6.61 Å². The molecule has 1 aliphatic rings. The van der Waals surface area contributed by atoms with Crippen LogP contribution in [0.2, 0.25) is 0 Å². The average Bonchev–Trinajstić information content (AvgIpc) is 2.41. The third-order valence-corrected chi connectivity index (χ3v) is 4.17. The number of amides is 1. The van der Waals surface area contributed by atoms with Crippen molar-refractivity contribution < 1.29 is 14.6 Å². The number of benzene rings is 1. The van der Waals surface area contributed by atoms with E-state index in [9.17, 15) is 9.90 Å². The van der Waals surface area contributed by atoms with Crippen LogP contribution in [0.25, 0.3) is 0 Å². The van der Waals surface area contributed by atoms with Gasteiger partial charge in [-0.3, -0.25) is 4.79 Å². The van der Waals surface area contributed by atoms with E-state index in [4.69, 9.17) is 4.74 Å². The average molecular weight is 277 g/mol. The molecule has 4 nitrogen and oxygen atoms in total. The van der Waals surface area contributed by atoms with Gasteiger partial charge in [0, 0.05) is 11.5 Å². The van der Waals surface area contributed by atoms with Gasteiger partial charge < -0.3 is 15.2 Å². The summed E-state index contributed by atoms with van der Waals surface area (Å²) in [5.41, 5.74) is 0.953. The first-order valence-corrected chi connectivity index (χ1v) is 7.06. The molecule has 2 N–H and O–H groups in total. The van der Waals surface area contributed by atoms with E-state index in [2.05, 4.69) is 5.32 Å². The molecule has 0 aromatic heterocycles. The molecule has 0 bridgehead atoms. The monoisotopic (exact) mass is 277 g/mol. The highest BCUT2D eigenvalue weighted by molar-refractivity contribution is 5.76. The Labute approximate surface area is 120 Å². The minimum Gasteiger partial charge on any atom is -0.493 e. The number of aliphatic hydroxyl groups is 1. The smallest absolute Gasteiger partial charge is 0.223 e. The van der Waals surface area contributed by atoms with Gasteiger partial charge in [0.2, 0.25) is 5.91 Å². The van der Waals surface area contributed by atoms with E-state index in [1.54, 1.807) is 0 Å². The molecule has 1 aromatic carbocycles. The lowest BCUT2D eigenvalue weighted by Crippen LogP contribution is -2.61. The van der Waals surface area contributed by atoms with Gasteiger partial charge in [-0.15, -0.1) is 0 Å². The lowest BCUT2D eigenvalue weighted by Gasteiger charge is -2.49. The molecule has 2 atom stereocenters. The van der Waals surface area contributed by atoms with Gasteiger partial charge in [0.1, 0.15) is 5.75 Å². The molecule has 1 saturated carbocycles. The SMILES string of the molecule is Cc1ccc(OCCC(=O)NC2CC(O)C2(C)C)cc1. The van der Waals surface area contributed by atoms with Crippen molar-refractivity contribution in [3.8, 4) is 5.75 Å². The van der Waals surface area contributed by atoms with Crippen LogP contribution >= 0.6 is 0 Å². The van der Waals surface area contributed by atoms with Crippen LogP contribution in [0.4, 0.5) is 0 Å². The maximum Gasteiger partial charge on any atom is 0.223 e. The standard InChI is InChI=1S/C16H23NO3/c1-11-4-6-12(7-5-11)20-9-8-15(19)17-13-10-14(18)16(13,2)3/h4-7,13-14,18H,8-10H2,1-3H3,(H,17,19). The third kappa shape index (κ3) is 3.31. The third-order valence-electron chi connectivity index (χ3n) is 4.17. The summed E-state index contributed by atoms with van der Waals surface area (Å²) in [6.45, 7) is 6.32. The van der Waals surface area contributed by atoms with E-state index in [1.165, 1.54) is 5.56 Å².